The van der Waals surface area contributed by atoms with Gasteiger partial charge in [0.1, 0.15) is 5.69 Å². The van der Waals surface area contributed by atoms with Crippen molar-refractivity contribution in [3.8, 4) is 5.88 Å². The Morgan fingerprint density at radius 2 is 1.95 bits per heavy atom. The zero-order valence-electron chi connectivity index (χ0n) is 10.4. The molecule has 0 aliphatic carbocycles. The van der Waals surface area contributed by atoms with E-state index in [-0.39, 0.29) is 6.07 Å². The molecule has 112 valence electrons. The van der Waals surface area contributed by atoms with Gasteiger partial charge in [0.15, 0.2) is 0 Å². The number of halogens is 5. The second kappa shape index (κ2) is 6.02. The average Bonchev–Trinajstić information content (AvgIpc) is 2.36. The van der Waals surface area contributed by atoms with Crippen LogP contribution in [0.25, 0.3) is 0 Å². The molecular weight excluding hydrogens is 289 g/mol. The third kappa shape index (κ3) is 3.55. The molecule has 0 aromatic carbocycles. The van der Waals surface area contributed by atoms with Gasteiger partial charge in [0, 0.05) is 5.56 Å². The highest BCUT2D eigenvalue weighted by atomic mass is 19.4. The molecule has 0 aliphatic heterocycles. The number of hydrogen-bond acceptors (Lipinski definition) is 4. The molecule has 1 aromatic heterocycles. The molecule has 0 spiro atoms. The van der Waals surface area contributed by atoms with E-state index in [9.17, 15) is 26.7 Å². The van der Waals surface area contributed by atoms with Crippen molar-refractivity contribution in [1.82, 2.24) is 4.98 Å². The van der Waals surface area contributed by atoms with Crippen molar-refractivity contribution in [2.45, 2.75) is 19.0 Å². The van der Waals surface area contributed by atoms with Crippen LogP contribution < -0.4 is 4.74 Å². The zero-order chi connectivity index (χ0) is 15.5. The predicted octanol–water partition coefficient (Wildman–Crippen LogP) is 2.76. The molecule has 0 saturated carbocycles. The van der Waals surface area contributed by atoms with Crippen LogP contribution in [0, 0.1) is 0 Å². The Morgan fingerprint density at radius 1 is 1.35 bits per heavy atom. The summed E-state index contributed by atoms with van der Waals surface area (Å²) < 4.78 is 72.5. The Kier molecular flexibility index (Phi) is 4.85. The Balaban J connectivity index is 3.48. The minimum Gasteiger partial charge on any atom is -0.481 e. The first-order valence-electron chi connectivity index (χ1n) is 5.20. The van der Waals surface area contributed by atoms with Gasteiger partial charge in [-0.05, 0) is 6.07 Å². The van der Waals surface area contributed by atoms with E-state index in [1.54, 1.807) is 0 Å². The molecule has 1 heterocycles. The quantitative estimate of drug-likeness (QED) is 0.633. The summed E-state index contributed by atoms with van der Waals surface area (Å²) in [6.07, 6.45) is -8.91. The molecule has 0 amide bonds. The van der Waals surface area contributed by atoms with Crippen molar-refractivity contribution < 1.29 is 36.2 Å². The first kappa shape index (κ1) is 16.1. The Hall–Kier alpha value is -1.93. The van der Waals surface area contributed by atoms with Gasteiger partial charge in [-0.1, -0.05) is 0 Å². The topological polar surface area (TPSA) is 48.4 Å². The van der Waals surface area contributed by atoms with Gasteiger partial charge in [-0.2, -0.15) is 13.2 Å². The Bertz CT molecular complexity index is 502. The molecule has 0 radical (unpaired) electrons. The SMILES string of the molecule is COC(=O)Cc1c(C(F)(F)F)cc(C(F)F)nc1OC. The lowest BCUT2D eigenvalue weighted by atomic mass is 10.0. The van der Waals surface area contributed by atoms with Gasteiger partial charge in [-0.15, -0.1) is 0 Å². The highest BCUT2D eigenvalue weighted by Crippen LogP contribution is 2.37. The van der Waals surface area contributed by atoms with Crippen molar-refractivity contribution in [3.05, 3.63) is 22.9 Å². The maximum Gasteiger partial charge on any atom is 0.416 e. The lowest BCUT2D eigenvalue weighted by molar-refractivity contribution is -0.141. The van der Waals surface area contributed by atoms with E-state index >= 15 is 0 Å². The summed E-state index contributed by atoms with van der Waals surface area (Å²) in [4.78, 5) is 14.4. The first-order chi connectivity index (χ1) is 9.20. The largest absolute Gasteiger partial charge is 0.481 e. The van der Waals surface area contributed by atoms with E-state index in [1.807, 2.05) is 0 Å². The van der Waals surface area contributed by atoms with Crippen LogP contribution in [-0.4, -0.2) is 25.2 Å². The molecule has 0 atom stereocenters. The zero-order valence-corrected chi connectivity index (χ0v) is 10.4. The third-order valence-electron chi connectivity index (χ3n) is 2.38. The number of rotatable bonds is 4. The summed E-state index contributed by atoms with van der Waals surface area (Å²) in [5, 5.41) is 0. The first-order valence-corrected chi connectivity index (χ1v) is 5.20. The Labute approximate surface area is 110 Å². The number of aromatic nitrogens is 1. The highest BCUT2D eigenvalue weighted by Gasteiger charge is 2.37. The summed E-state index contributed by atoms with van der Waals surface area (Å²) in [6, 6.07) is 0.200. The minimum atomic E-state index is -4.93. The van der Waals surface area contributed by atoms with E-state index in [2.05, 4.69) is 14.5 Å². The summed E-state index contributed by atoms with van der Waals surface area (Å²) in [5.41, 5.74) is -3.12. The summed E-state index contributed by atoms with van der Waals surface area (Å²) >= 11 is 0. The fourth-order valence-electron chi connectivity index (χ4n) is 1.49. The standard InChI is InChI=1S/C11H10F5NO3/c1-19-8(18)3-5-6(11(14,15)16)4-7(9(12)13)17-10(5)20-2/h4,9H,3H2,1-2H3. The number of ether oxygens (including phenoxy) is 2. The van der Waals surface area contributed by atoms with Crippen LogP contribution in [0.1, 0.15) is 23.2 Å². The van der Waals surface area contributed by atoms with Gasteiger partial charge in [0.2, 0.25) is 5.88 Å². The summed E-state index contributed by atoms with van der Waals surface area (Å²) in [5.74, 6) is -1.65. The van der Waals surface area contributed by atoms with Crippen LogP contribution in [0.15, 0.2) is 6.07 Å². The molecular formula is C11H10F5NO3. The Morgan fingerprint density at radius 3 is 2.35 bits per heavy atom. The molecule has 1 aromatic rings. The van der Waals surface area contributed by atoms with E-state index in [4.69, 9.17) is 0 Å². The number of esters is 1. The maximum atomic E-state index is 12.9. The highest BCUT2D eigenvalue weighted by molar-refractivity contribution is 5.74. The lowest BCUT2D eigenvalue weighted by Crippen LogP contribution is -2.16. The van der Waals surface area contributed by atoms with Crippen LogP contribution in [0.4, 0.5) is 22.0 Å². The van der Waals surface area contributed by atoms with Gasteiger partial charge in [0.25, 0.3) is 6.43 Å². The monoisotopic (exact) mass is 299 g/mol. The number of alkyl halides is 5. The van der Waals surface area contributed by atoms with Gasteiger partial charge < -0.3 is 9.47 Å². The van der Waals surface area contributed by atoms with E-state index in [0.717, 1.165) is 14.2 Å². The number of nitrogens with zero attached hydrogens (tertiary/aromatic N) is 1. The number of hydrogen-bond donors (Lipinski definition) is 0. The smallest absolute Gasteiger partial charge is 0.416 e. The van der Waals surface area contributed by atoms with Crippen LogP contribution in [0.3, 0.4) is 0 Å². The summed E-state index contributed by atoms with van der Waals surface area (Å²) in [6.45, 7) is 0. The van der Waals surface area contributed by atoms with Gasteiger partial charge in [0.05, 0.1) is 26.2 Å². The van der Waals surface area contributed by atoms with Gasteiger partial charge in [-0.3, -0.25) is 4.79 Å². The normalized spacial score (nSPS) is 11.6. The minimum absolute atomic E-state index is 0.200. The van der Waals surface area contributed by atoms with Crippen molar-refractivity contribution in [2.75, 3.05) is 14.2 Å². The van der Waals surface area contributed by atoms with Crippen LogP contribution in [-0.2, 0) is 22.1 Å². The molecule has 0 unspecified atom stereocenters. The van der Waals surface area contributed by atoms with Crippen LogP contribution in [0.2, 0.25) is 0 Å². The fourth-order valence-corrected chi connectivity index (χ4v) is 1.49. The van der Waals surface area contributed by atoms with Gasteiger partial charge >= 0.3 is 12.1 Å². The number of carbonyl (C=O) groups excluding carboxylic acids is 1. The maximum absolute atomic E-state index is 12.9. The molecule has 4 nitrogen and oxygen atoms in total. The molecule has 9 heteroatoms. The van der Waals surface area contributed by atoms with Gasteiger partial charge in [-0.25, -0.2) is 13.8 Å². The molecule has 0 aliphatic rings. The molecule has 20 heavy (non-hydrogen) atoms. The average molecular weight is 299 g/mol. The molecule has 0 fully saturated rings. The van der Waals surface area contributed by atoms with Crippen molar-refractivity contribution >= 4 is 5.97 Å². The van der Waals surface area contributed by atoms with Crippen LogP contribution in [0.5, 0.6) is 5.88 Å². The number of pyridine rings is 1. The molecule has 1 rings (SSSR count). The van der Waals surface area contributed by atoms with Crippen molar-refractivity contribution in [2.24, 2.45) is 0 Å². The van der Waals surface area contributed by atoms with E-state index < -0.39 is 47.7 Å². The third-order valence-corrected chi connectivity index (χ3v) is 2.38. The van der Waals surface area contributed by atoms with Crippen molar-refractivity contribution in [3.63, 3.8) is 0 Å². The van der Waals surface area contributed by atoms with E-state index in [0.29, 0.717) is 0 Å². The van der Waals surface area contributed by atoms with Crippen LogP contribution >= 0.6 is 0 Å². The molecule has 0 saturated heterocycles. The fraction of sp³-hybridized carbons (Fsp3) is 0.455. The summed E-state index contributed by atoms with van der Waals surface area (Å²) in [7, 11) is 1.96. The lowest BCUT2D eigenvalue weighted by Gasteiger charge is -2.16. The molecule has 0 bridgehead atoms. The van der Waals surface area contributed by atoms with Crippen molar-refractivity contribution in [1.29, 1.82) is 0 Å². The second-order valence-corrected chi connectivity index (χ2v) is 3.63. The van der Waals surface area contributed by atoms with E-state index in [1.165, 1.54) is 0 Å². The predicted molar refractivity (Wildman–Crippen MR) is 56.5 cm³/mol. The number of carbonyl (C=O) groups is 1. The second-order valence-electron chi connectivity index (χ2n) is 3.63. The number of methoxy groups -OCH3 is 2. The molecule has 0 N–H and O–H groups in total.